The molecule has 1 heterocycles. The summed E-state index contributed by atoms with van der Waals surface area (Å²) in [4.78, 5) is 4.07. The van der Waals surface area contributed by atoms with E-state index < -0.39 is 0 Å². The number of nitrogens with two attached hydrogens (primary N) is 2. The van der Waals surface area contributed by atoms with Gasteiger partial charge in [0.15, 0.2) is 0 Å². The van der Waals surface area contributed by atoms with Gasteiger partial charge in [-0.05, 0) is 12.8 Å². The van der Waals surface area contributed by atoms with E-state index in [0.29, 0.717) is 11.9 Å². The molecular formula is C7H13N5. The van der Waals surface area contributed by atoms with E-state index in [0.717, 1.165) is 18.7 Å². The van der Waals surface area contributed by atoms with Crippen LogP contribution < -0.4 is 11.5 Å². The summed E-state index contributed by atoms with van der Waals surface area (Å²) >= 11 is 0. The number of H-pyrrole nitrogens is 1. The van der Waals surface area contributed by atoms with Crippen molar-refractivity contribution >= 4 is 5.95 Å². The Kier molecular flexibility index (Phi) is 1.73. The van der Waals surface area contributed by atoms with Gasteiger partial charge in [0.2, 0.25) is 5.95 Å². The van der Waals surface area contributed by atoms with Gasteiger partial charge >= 0.3 is 0 Å². The number of anilines is 1. The molecular weight excluding hydrogens is 154 g/mol. The maximum Gasteiger partial charge on any atom is 0.239 e. The Morgan fingerprint density at radius 1 is 1.42 bits per heavy atom. The molecule has 2 atom stereocenters. The van der Waals surface area contributed by atoms with Crippen molar-refractivity contribution in [1.29, 1.82) is 0 Å². The van der Waals surface area contributed by atoms with Crippen molar-refractivity contribution in [2.45, 2.75) is 31.2 Å². The van der Waals surface area contributed by atoms with Gasteiger partial charge in [-0.25, -0.2) is 0 Å². The predicted octanol–water partition coefficient (Wildman–Crippen LogP) is -0.0183. The molecule has 0 radical (unpaired) electrons. The Bertz CT molecular complexity index is 269. The van der Waals surface area contributed by atoms with E-state index in [4.69, 9.17) is 11.5 Å². The van der Waals surface area contributed by atoms with E-state index in [-0.39, 0.29) is 6.04 Å². The van der Waals surface area contributed by atoms with Gasteiger partial charge in [0.05, 0.1) is 0 Å². The topological polar surface area (TPSA) is 93.6 Å². The summed E-state index contributed by atoms with van der Waals surface area (Å²) < 4.78 is 0. The minimum atomic E-state index is 0.220. The van der Waals surface area contributed by atoms with E-state index in [1.807, 2.05) is 0 Å². The fourth-order valence-corrected chi connectivity index (χ4v) is 1.78. The number of nitrogens with one attached hydrogen (secondary N) is 1. The van der Waals surface area contributed by atoms with Crippen LogP contribution in [0.3, 0.4) is 0 Å². The van der Waals surface area contributed by atoms with Crippen molar-refractivity contribution < 1.29 is 0 Å². The average molecular weight is 167 g/mol. The maximum absolute atomic E-state index is 5.89. The average Bonchev–Trinajstić information content (AvgIpc) is 2.58. The minimum Gasteiger partial charge on any atom is -0.367 e. The van der Waals surface area contributed by atoms with Crippen LogP contribution in [0.2, 0.25) is 0 Å². The van der Waals surface area contributed by atoms with Crippen LogP contribution in [-0.4, -0.2) is 21.2 Å². The lowest BCUT2D eigenvalue weighted by atomic mass is 10.0. The van der Waals surface area contributed by atoms with Gasteiger partial charge in [-0.1, -0.05) is 6.42 Å². The number of hydrogen-bond acceptors (Lipinski definition) is 4. The van der Waals surface area contributed by atoms with Gasteiger partial charge in [-0.2, -0.15) is 4.98 Å². The van der Waals surface area contributed by atoms with Gasteiger partial charge in [0.25, 0.3) is 0 Å². The van der Waals surface area contributed by atoms with Gasteiger partial charge in [-0.3, -0.25) is 5.10 Å². The van der Waals surface area contributed by atoms with Gasteiger partial charge in [0.1, 0.15) is 5.82 Å². The molecule has 1 fully saturated rings. The third-order valence-corrected chi connectivity index (χ3v) is 2.44. The van der Waals surface area contributed by atoms with E-state index in [1.54, 1.807) is 0 Å². The lowest BCUT2D eigenvalue weighted by Gasteiger charge is -2.10. The molecule has 1 aromatic heterocycles. The summed E-state index contributed by atoms with van der Waals surface area (Å²) in [5.74, 6) is 1.48. The predicted molar refractivity (Wildman–Crippen MR) is 45.4 cm³/mol. The second-order valence-corrected chi connectivity index (χ2v) is 3.28. The second-order valence-electron chi connectivity index (χ2n) is 3.28. The number of nitrogens with zero attached hydrogens (tertiary/aromatic N) is 2. The van der Waals surface area contributed by atoms with Crippen molar-refractivity contribution in [2.75, 3.05) is 5.73 Å². The van der Waals surface area contributed by atoms with Crippen LogP contribution in [0.4, 0.5) is 5.95 Å². The molecule has 1 aliphatic carbocycles. The second kappa shape index (κ2) is 2.75. The molecule has 0 aromatic carbocycles. The van der Waals surface area contributed by atoms with Gasteiger partial charge in [-0.15, -0.1) is 5.10 Å². The quantitative estimate of drug-likeness (QED) is 0.548. The summed E-state index contributed by atoms with van der Waals surface area (Å²) in [6, 6.07) is 0.220. The van der Waals surface area contributed by atoms with E-state index >= 15 is 0 Å². The standard InChI is InChI=1S/C7H13N5/c8-5-3-1-2-4(5)6-10-7(9)12-11-6/h4-5H,1-3,8H2,(H3,9,10,11,12). The summed E-state index contributed by atoms with van der Waals surface area (Å²) in [5.41, 5.74) is 11.3. The highest BCUT2D eigenvalue weighted by atomic mass is 15.3. The number of aromatic nitrogens is 3. The highest BCUT2D eigenvalue weighted by Crippen LogP contribution is 2.31. The fourth-order valence-electron chi connectivity index (χ4n) is 1.78. The first kappa shape index (κ1) is 7.54. The Morgan fingerprint density at radius 3 is 2.75 bits per heavy atom. The Balaban J connectivity index is 2.19. The third-order valence-electron chi connectivity index (χ3n) is 2.44. The number of hydrogen-bond donors (Lipinski definition) is 3. The van der Waals surface area contributed by atoms with Crippen molar-refractivity contribution in [1.82, 2.24) is 15.2 Å². The maximum atomic E-state index is 5.89. The normalized spacial score (nSPS) is 29.4. The summed E-state index contributed by atoms with van der Waals surface area (Å²) in [6.07, 6.45) is 3.34. The summed E-state index contributed by atoms with van der Waals surface area (Å²) in [5, 5.41) is 6.59. The van der Waals surface area contributed by atoms with Crippen molar-refractivity contribution in [3.05, 3.63) is 5.82 Å². The highest BCUT2D eigenvalue weighted by Gasteiger charge is 2.27. The molecule has 5 N–H and O–H groups in total. The zero-order chi connectivity index (χ0) is 8.55. The SMILES string of the molecule is Nc1n[nH]c(C2CCCC2N)n1. The first-order chi connectivity index (χ1) is 5.77. The summed E-state index contributed by atoms with van der Waals surface area (Å²) in [6.45, 7) is 0. The summed E-state index contributed by atoms with van der Waals surface area (Å²) in [7, 11) is 0. The van der Waals surface area contributed by atoms with E-state index in [1.165, 1.54) is 6.42 Å². The van der Waals surface area contributed by atoms with Crippen LogP contribution in [0, 0.1) is 0 Å². The zero-order valence-electron chi connectivity index (χ0n) is 6.83. The molecule has 66 valence electrons. The van der Waals surface area contributed by atoms with Crippen LogP contribution >= 0.6 is 0 Å². The molecule has 0 aliphatic heterocycles. The zero-order valence-corrected chi connectivity index (χ0v) is 6.83. The molecule has 1 saturated carbocycles. The first-order valence-corrected chi connectivity index (χ1v) is 4.20. The van der Waals surface area contributed by atoms with Gasteiger partial charge < -0.3 is 11.5 Å². The molecule has 0 amide bonds. The van der Waals surface area contributed by atoms with E-state index in [9.17, 15) is 0 Å². The van der Waals surface area contributed by atoms with E-state index in [2.05, 4.69) is 15.2 Å². The molecule has 12 heavy (non-hydrogen) atoms. The molecule has 2 rings (SSSR count). The monoisotopic (exact) mass is 167 g/mol. The largest absolute Gasteiger partial charge is 0.367 e. The molecule has 2 unspecified atom stereocenters. The lowest BCUT2D eigenvalue weighted by molar-refractivity contribution is 0.583. The van der Waals surface area contributed by atoms with Crippen molar-refractivity contribution in [3.8, 4) is 0 Å². The molecule has 0 bridgehead atoms. The van der Waals surface area contributed by atoms with Crippen molar-refractivity contribution in [2.24, 2.45) is 5.73 Å². The van der Waals surface area contributed by atoms with Crippen LogP contribution in [0.5, 0.6) is 0 Å². The smallest absolute Gasteiger partial charge is 0.239 e. The van der Waals surface area contributed by atoms with Crippen LogP contribution in [0.1, 0.15) is 31.0 Å². The van der Waals surface area contributed by atoms with Gasteiger partial charge in [0, 0.05) is 12.0 Å². The molecule has 0 spiro atoms. The van der Waals surface area contributed by atoms with Crippen molar-refractivity contribution in [3.63, 3.8) is 0 Å². The molecule has 1 aliphatic rings. The minimum absolute atomic E-state index is 0.220. The van der Waals surface area contributed by atoms with Crippen LogP contribution in [0.25, 0.3) is 0 Å². The third kappa shape index (κ3) is 1.16. The Labute approximate surface area is 70.5 Å². The Hall–Kier alpha value is -1.10. The van der Waals surface area contributed by atoms with Crippen LogP contribution in [0.15, 0.2) is 0 Å². The van der Waals surface area contributed by atoms with Crippen LogP contribution in [-0.2, 0) is 0 Å². The molecule has 5 heteroatoms. The molecule has 0 saturated heterocycles. The molecule has 5 nitrogen and oxygen atoms in total. The highest BCUT2D eigenvalue weighted by molar-refractivity contribution is 5.16. The number of rotatable bonds is 1. The lowest BCUT2D eigenvalue weighted by Crippen LogP contribution is -2.23. The molecule has 1 aromatic rings. The Morgan fingerprint density at radius 2 is 2.25 bits per heavy atom. The number of nitrogen functional groups attached to an aromatic ring is 1. The fraction of sp³-hybridized carbons (Fsp3) is 0.714. The number of aromatic amines is 1. The first-order valence-electron chi connectivity index (χ1n) is 4.20.